The lowest BCUT2D eigenvalue weighted by atomic mass is 9.87. The molecule has 3 aromatic rings. The molecule has 1 atom stereocenters. The van der Waals surface area contributed by atoms with Gasteiger partial charge in [-0.15, -0.1) is 0 Å². The van der Waals surface area contributed by atoms with Crippen molar-refractivity contribution in [1.82, 2.24) is 15.0 Å². The van der Waals surface area contributed by atoms with Crippen LogP contribution in [0.1, 0.15) is 30.0 Å². The lowest BCUT2D eigenvalue weighted by Crippen LogP contribution is -2.47. The van der Waals surface area contributed by atoms with E-state index in [1.165, 1.54) is 12.3 Å². The van der Waals surface area contributed by atoms with Crippen LogP contribution in [0.2, 0.25) is 0 Å². The highest BCUT2D eigenvalue weighted by Gasteiger charge is 2.37. The van der Waals surface area contributed by atoms with Gasteiger partial charge in [0.25, 0.3) is 0 Å². The summed E-state index contributed by atoms with van der Waals surface area (Å²) < 4.78 is 81.6. The van der Waals surface area contributed by atoms with E-state index in [1.807, 2.05) is 13.0 Å². The number of imidazole rings is 1. The third kappa shape index (κ3) is 5.09. The van der Waals surface area contributed by atoms with Crippen LogP contribution in [0.4, 0.5) is 38.1 Å². The monoisotopic (exact) mass is 537 g/mol. The number of hydrogen-bond acceptors (Lipinski definition) is 5. The molecule has 2 aromatic heterocycles. The molecule has 2 N–H and O–H groups in total. The molecule has 1 unspecified atom stereocenters. The van der Waals surface area contributed by atoms with Crippen molar-refractivity contribution in [3.63, 3.8) is 0 Å². The molecule has 1 saturated heterocycles. The highest BCUT2D eigenvalue weighted by molar-refractivity contribution is 5.92. The van der Waals surface area contributed by atoms with Gasteiger partial charge in [0.1, 0.15) is 5.82 Å². The van der Waals surface area contributed by atoms with E-state index in [9.17, 15) is 31.4 Å². The van der Waals surface area contributed by atoms with Gasteiger partial charge in [0.05, 0.1) is 28.8 Å². The summed E-state index contributed by atoms with van der Waals surface area (Å²) >= 11 is 0. The quantitative estimate of drug-likeness (QED) is 0.421. The predicted molar refractivity (Wildman–Crippen MR) is 132 cm³/mol. The normalized spacial score (nSPS) is 19.1. The van der Waals surface area contributed by atoms with Gasteiger partial charge in [-0.25, -0.2) is 9.97 Å². The van der Waals surface area contributed by atoms with Crippen molar-refractivity contribution in [3.05, 3.63) is 64.9 Å². The van der Waals surface area contributed by atoms with Crippen molar-refractivity contribution in [2.24, 2.45) is 5.92 Å². The third-order valence-corrected chi connectivity index (χ3v) is 6.80. The third-order valence-electron chi connectivity index (χ3n) is 6.80. The maximum atomic E-state index is 13.8. The molecule has 2 aliphatic rings. The molecule has 6 nitrogen and oxygen atoms in total. The van der Waals surface area contributed by atoms with Gasteiger partial charge in [0.15, 0.2) is 0 Å². The number of pyridine rings is 1. The molecule has 0 saturated carbocycles. The van der Waals surface area contributed by atoms with Gasteiger partial charge in [-0.05, 0) is 47.8 Å². The molecule has 0 spiro atoms. The fourth-order valence-corrected chi connectivity index (χ4v) is 5.05. The van der Waals surface area contributed by atoms with E-state index < -0.39 is 23.5 Å². The van der Waals surface area contributed by atoms with E-state index in [4.69, 9.17) is 0 Å². The van der Waals surface area contributed by atoms with E-state index in [2.05, 4.69) is 15.0 Å². The zero-order chi connectivity index (χ0) is 27.2. The van der Waals surface area contributed by atoms with Gasteiger partial charge < -0.3 is 19.9 Å². The lowest BCUT2D eigenvalue weighted by molar-refractivity contribution is -0.138. The van der Waals surface area contributed by atoms with Crippen molar-refractivity contribution in [1.29, 1.82) is 0 Å². The summed E-state index contributed by atoms with van der Waals surface area (Å²) in [4.78, 5) is 14.9. The minimum atomic E-state index is -4.57. The summed E-state index contributed by atoms with van der Waals surface area (Å²) in [5.74, 6) is 0.230. The van der Waals surface area contributed by atoms with Crippen molar-refractivity contribution >= 4 is 28.4 Å². The second-order valence-corrected chi connectivity index (χ2v) is 9.58. The Balaban J connectivity index is 1.47. The minimum Gasteiger partial charge on any atom is -0.392 e. The number of rotatable bonds is 4. The van der Waals surface area contributed by atoms with E-state index in [1.54, 1.807) is 15.9 Å². The summed E-state index contributed by atoms with van der Waals surface area (Å²) in [6, 6.07) is 4.34. The summed E-state index contributed by atoms with van der Waals surface area (Å²) in [5, 5.41) is 9.62. The van der Waals surface area contributed by atoms with Crippen LogP contribution in [0.15, 0.2) is 48.2 Å². The first-order valence-corrected chi connectivity index (χ1v) is 12.1. The molecule has 5 rings (SSSR count). The first-order chi connectivity index (χ1) is 17.9. The first-order valence-electron chi connectivity index (χ1n) is 12.1. The van der Waals surface area contributed by atoms with Crippen LogP contribution in [-0.4, -0.2) is 52.8 Å². The number of aromatic amines is 1. The topological polar surface area (TPSA) is 68.3 Å². The van der Waals surface area contributed by atoms with Crippen molar-refractivity contribution < 1.29 is 31.4 Å². The Hall–Kier alpha value is -3.54. The molecular formula is C26H25F6N5O. The number of alkyl halides is 6. The standard InChI is InChI=1S/C26H25F6N5O/c1-15-9-16(14-38)11-17(10-15)19-12-18(25(27,28)29)13-21-22(19)35-24(34-21)37-7-5-36(6-8-37)23-20(26(30,31)32)3-2-4-33-23/h2-4,9,11-13,15,38H,5-8,10,14H2,1H3,(H,34,35). The minimum absolute atomic E-state index is 0.0291. The van der Waals surface area contributed by atoms with Gasteiger partial charge in [-0.1, -0.05) is 19.1 Å². The number of halogens is 6. The largest absolute Gasteiger partial charge is 0.419 e. The fourth-order valence-electron chi connectivity index (χ4n) is 5.05. The Morgan fingerprint density at radius 2 is 1.74 bits per heavy atom. The van der Waals surface area contributed by atoms with E-state index in [0.29, 0.717) is 47.7 Å². The molecule has 0 bridgehead atoms. The molecule has 1 fully saturated rings. The smallest absolute Gasteiger partial charge is 0.392 e. The Kier molecular flexibility index (Phi) is 6.62. The molecule has 0 amide bonds. The molecular weight excluding hydrogens is 512 g/mol. The second-order valence-electron chi connectivity index (χ2n) is 9.58. The van der Waals surface area contributed by atoms with Crippen molar-refractivity contribution in [3.8, 4) is 0 Å². The van der Waals surface area contributed by atoms with Crippen molar-refractivity contribution in [2.45, 2.75) is 25.7 Å². The number of aromatic nitrogens is 3. The van der Waals surface area contributed by atoms with Gasteiger partial charge >= 0.3 is 12.4 Å². The van der Waals surface area contributed by atoms with Crippen LogP contribution in [0, 0.1) is 5.92 Å². The number of aliphatic hydroxyl groups excluding tert-OH is 1. The molecule has 1 aliphatic carbocycles. The Bertz CT molecular complexity index is 1400. The zero-order valence-electron chi connectivity index (χ0n) is 20.4. The summed E-state index contributed by atoms with van der Waals surface area (Å²) in [6.07, 6.45) is -3.72. The number of benzene rings is 1. The summed E-state index contributed by atoms with van der Waals surface area (Å²) in [5.41, 5.74) is 0.574. The maximum absolute atomic E-state index is 13.8. The van der Waals surface area contributed by atoms with Crippen LogP contribution in [0.3, 0.4) is 0 Å². The molecule has 202 valence electrons. The number of allylic oxidation sites excluding steroid dienone is 2. The highest BCUT2D eigenvalue weighted by atomic mass is 19.4. The number of aliphatic hydroxyl groups is 1. The number of anilines is 2. The van der Waals surface area contributed by atoms with Crippen LogP contribution < -0.4 is 9.80 Å². The lowest BCUT2D eigenvalue weighted by Gasteiger charge is -2.36. The number of nitrogens with zero attached hydrogens (tertiary/aromatic N) is 4. The zero-order valence-corrected chi connectivity index (χ0v) is 20.4. The van der Waals surface area contributed by atoms with E-state index in [0.717, 1.165) is 18.2 Å². The Labute approximate surface area is 214 Å². The Morgan fingerprint density at radius 1 is 1.03 bits per heavy atom. The second kappa shape index (κ2) is 9.64. The Morgan fingerprint density at radius 3 is 2.39 bits per heavy atom. The summed E-state index contributed by atoms with van der Waals surface area (Å²) in [7, 11) is 0. The number of piperazine rings is 1. The molecule has 3 heterocycles. The molecule has 0 radical (unpaired) electrons. The number of hydrogen-bond donors (Lipinski definition) is 2. The number of fused-ring (bicyclic) bond motifs is 1. The van der Waals surface area contributed by atoms with Crippen LogP contribution in [0.5, 0.6) is 0 Å². The van der Waals surface area contributed by atoms with Crippen LogP contribution >= 0.6 is 0 Å². The highest BCUT2D eigenvalue weighted by Crippen LogP contribution is 2.39. The van der Waals surface area contributed by atoms with Crippen molar-refractivity contribution in [2.75, 3.05) is 42.6 Å². The van der Waals surface area contributed by atoms with Crippen LogP contribution in [-0.2, 0) is 12.4 Å². The van der Waals surface area contributed by atoms with Crippen LogP contribution in [0.25, 0.3) is 16.6 Å². The fraction of sp³-hybridized carbons (Fsp3) is 0.385. The average Bonchev–Trinajstić information content (AvgIpc) is 3.31. The molecule has 1 aliphatic heterocycles. The first kappa shape index (κ1) is 26.1. The van der Waals surface area contributed by atoms with E-state index in [-0.39, 0.29) is 36.9 Å². The van der Waals surface area contributed by atoms with Gasteiger partial charge in [-0.3, -0.25) is 0 Å². The predicted octanol–water partition coefficient (Wildman–Crippen LogP) is 5.66. The number of nitrogens with one attached hydrogen (secondary N) is 1. The van der Waals surface area contributed by atoms with Gasteiger partial charge in [-0.2, -0.15) is 26.3 Å². The molecule has 12 heteroatoms. The van der Waals surface area contributed by atoms with E-state index >= 15 is 0 Å². The average molecular weight is 538 g/mol. The molecule has 38 heavy (non-hydrogen) atoms. The summed E-state index contributed by atoms with van der Waals surface area (Å²) in [6.45, 7) is 2.75. The molecule has 1 aromatic carbocycles. The van der Waals surface area contributed by atoms with Gasteiger partial charge in [0, 0.05) is 37.9 Å². The number of H-pyrrole nitrogens is 1. The van der Waals surface area contributed by atoms with Gasteiger partial charge in [0.2, 0.25) is 5.95 Å². The maximum Gasteiger partial charge on any atom is 0.419 e. The SMILES string of the molecule is CC1C=C(CO)C=C(c2cc(C(F)(F)F)cc3[nH]c(N4CCN(c5ncccc5C(F)(F)F)CC4)nc23)C1.